The number of unbranched alkanes of at least 4 members (excludes halogenated alkanes) is 48. The molecule has 95 heavy (non-hydrogen) atoms. The van der Waals surface area contributed by atoms with E-state index >= 15 is 0 Å². The molecule has 0 fully saturated rings. The average molecular weight is 1400 g/mol. The Morgan fingerprint density at radius 2 is 0.484 bits per heavy atom. The first kappa shape index (κ1) is 93.1. The lowest BCUT2D eigenvalue weighted by Gasteiger charge is -2.21. The summed E-state index contributed by atoms with van der Waals surface area (Å²) in [4.78, 5) is 72.8. The highest BCUT2D eigenvalue weighted by Gasteiger charge is 2.30. The maximum atomic E-state index is 13.1. The zero-order valence-electron chi connectivity index (χ0n) is 61.8. The third-order valence-electron chi connectivity index (χ3n) is 17.8. The number of hydrogen-bond donors (Lipinski definition) is 3. The second-order valence-electron chi connectivity index (χ2n) is 27.9. The first-order chi connectivity index (χ1) is 46.0. The predicted octanol–water partition coefficient (Wildman–Crippen LogP) is 22.5. The lowest BCUT2D eigenvalue weighted by atomic mass is 10.0. The van der Waals surface area contributed by atoms with Crippen LogP contribution in [-0.4, -0.2) is 96.7 Å². The van der Waals surface area contributed by atoms with E-state index in [0.29, 0.717) is 25.7 Å². The predicted molar refractivity (Wildman–Crippen MR) is 386 cm³/mol. The van der Waals surface area contributed by atoms with E-state index in [0.717, 1.165) is 95.8 Å². The fourth-order valence-electron chi connectivity index (χ4n) is 11.7. The van der Waals surface area contributed by atoms with Crippen LogP contribution in [0.1, 0.15) is 401 Å². The van der Waals surface area contributed by atoms with Crippen LogP contribution in [0, 0.1) is 5.92 Å². The molecule has 0 heterocycles. The quantitative estimate of drug-likeness (QED) is 0.0222. The second kappa shape index (κ2) is 69.2. The molecule has 0 aliphatic rings. The molecule has 0 aliphatic carbocycles. The Kier molecular flexibility index (Phi) is 67.7. The van der Waals surface area contributed by atoms with Crippen molar-refractivity contribution in [2.75, 3.05) is 39.6 Å². The second-order valence-corrected chi connectivity index (χ2v) is 30.8. The smallest absolute Gasteiger partial charge is 0.462 e. The van der Waals surface area contributed by atoms with Gasteiger partial charge in [0.2, 0.25) is 0 Å². The number of aliphatic hydroxyl groups excluding tert-OH is 1. The SMILES string of the molecule is CCCCCCCCCCCCCCCCCC(=O)OC[C@H](COP(=O)(O)OC[C@@H](O)COP(=O)(O)OC[C@@H](COC(=O)CCCCCCCCCCCCC)OC(=O)CCCCCCCCCCCCCCCC)OC(=O)CCCCCCCCCCCCCCC(C)C. The Hall–Kier alpha value is -1.94. The van der Waals surface area contributed by atoms with Gasteiger partial charge >= 0.3 is 39.5 Å². The highest BCUT2D eigenvalue weighted by atomic mass is 31.2. The fraction of sp³-hybridized carbons (Fsp3) is 0.947. The number of phosphoric ester groups is 2. The third-order valence-corrected chi connectivity index (χ3v) is 19.7. The Labute approximate surface area is 581 Å². The van der Waals surface area contributed by atoms with E-state index < -0.39 is 97.5 Å². The molecule has 0 radical (unpaired) electrons. The molecule has 0 amide bonds. The van der Waals surface area contributed by atoms with E-state index in [1.807, 2.05) is 0 Å². The molecule has 17 nitrogen and oxygen atoms in total. The number of hydrogen-bond acceptors (Lipinski definition) is 15. The number of rotatable bonds is 76. The van der Waals surface area contributed by atoms with Crippen molar-refractivity contribution in [3.8, 4) is 0 Å². The van der Waals surface area contributed by atoms with Gasteiger partial charge in [-0.15, -0.1) is 0 Å². The van der Waals surface area contributed by atoms with Gasteiger partial charge < -0.3 is 33.8 Å². The lowest BCUT2D eigenvalue weighted by molar-refractivity contribution is -0.161. The first-order valence-electron chi connectivity index (χ1n) is 39.6. The van der Waals surface area contributed by atoms with Crippen molar-refractivity contribution in [2.45, 2.75) is 419 Å². The molecular weight excluding hydrogens is 1250 g/mol. The van der Waals surface area contributed by atoms with Crippen LogP contribution < -0.4 is 0 Å². The van der Waals surface area contributed by atoms with Crippen LogP contribution in [0.4, 0.5) is 0 Å². The normalized spacial score (nSPS) is 13.9. The summed E-state index contributed by atoms with van der Waals surface area (Å²) in [5, 5.41) is 10.6. The van der Waals surface area contributed by atoms with Gasteiger partial charge in [0.25, 0.3) is 0 Å². The zero-order valence-corrected chi connectivity index (χ0v) is 63.6. The minimum Gasteiger partial charge on any atom is -0.462 e. The highest BCUT2D eigenvalue weighted by Crippen LogP contribution is 2.45. The van der Waals surface area contributed by atoms with Gasteiger partial charge in [-0.05, 0) is 31.6 Å². The molecular formula is C76H148O17P2. The molecule has 0 rings (SSSR count). The summed E-state index contributed by atoms with van der Waals surface area (Å²) in [6.07, 6.45) is 58.0. The van der Waals surface area contributed by atoms with Crippen LogP contribution in [0.25, 0.3) is 0 Å². The van der Waals surface area contributed by atoms with Crippen molar-refractivity contribution in [1.29, 1.82) is 0 Å². The summed E-state index contributed by atoms with van der Waals surface area (Å²) in [6.45, 7) is 7.31. The molecule has 564 valence electrons. The summed E-state index contributed by atoms with van der Waals surface area (Å²) >= 11 is 0. The highest BCUT2D eigenvalue weighted by molar-refractivity contribution is 7.47. The van der Waals surface area contributed by atoms with Gasteiger partial charge in [0.05, 0.1) is 26.4 Å². The zero-order chi connectivity index (χ0) is 69.8. The topological polar surface area (TPSA) is 237 Å². The molecule has 0 aliphatic heterocycles. The van der Waals surface area contributed by atoms with Crippen molar-refractivity contribution >= 4 is 39.5 Å². The van der Waals surface area contributed by atoms with Crippen LogP contribution in [-0.2, 0) is 65.4 Å². The van der Waals surface area contributed by atoms with Gasteiger partial charge in [-0.3, -0.25) is 37.3 Å². The molecule has 0 saturated heterocycles. The van der Waals surface area contributed by atoms with Gasteiger partial charge in [0, 0.05) is 25.7 Å². The van der Waals surface area contributed by atoms with Gasteiger partial charge in [-0.1, -0.05) is 349 Å². The third kappa shape index (κ3) is 70.3. The van der Waals surface area contributed by atoms with E-state index in [1.54, 1.807) is 0 Å². The van der Waals surface area contributed by atoms with Crippen molar-refractivity contribution in [1.82, 2.24) is 0 Å². The number of ether oxygens (including phenoxy) is 4. The standard InChI is InChI=1S/C76H148O17P2/c1-6-9-12-15-18-21-24-26-28-30-35-40-45-50-55-60-74(79)87-66-72(93-76(81)62-57-52-47-42-37-32-31-34-38-43-48-53-58-69(4)5)68-91-95(84,85)89-64-70(77)63-88-94(82,83)90-67-71(65-86-73(78)59-54-49-44-39-33-23-20-17-14-11-8-3)92-75(80)61-56-51-46-41-36-29-27-25-22-19-16-13-10-7-2/h69-72,77H,6-68H2,1-5H3,(H,82,83)(H,84,85)/t70-,71+,72+/m0/s1. The van der Waals surface area contributed by atoms with E-state index in [-0.39, 0.29) is 25.7 Å². The fourth-order valence-corrected chi connectivity index (χ4v) is 13.3. The number of carbonyl (C=O) groups is 4. The number of phosphoric acid groups is 2. The molecule has 0 bridgehead atoms. The molecule has 0 aromatic carbocycles. The van der Waals surface area contributed by atoms with Crippen LogP contribution in [0.5, 0.6) is 0 Å². The largest absolute Gasteiger partial charge is 0.472 e. The molecule has 2 unspecified atom stereocenters. The number of esters is 4. The van der Waals surface area contributed by atoms with Crippen LogP contribution in [0.2, 0.25) is 0 Å². The van der Waals surface area contributed by atoms with Crippen LogP contribution >= 0.6 is 15.6 Å². The summed E-state index contributed by atoms with van der Waals surface area (Å²) in [7, 11) is -9.91. The Bertz CT molecular complexity index is 1820. The van der Waals surface area contributed by atoms with Crippen molar-refractivity contribution in [2.24, 2.45) is 5.92 Å². The van der Waals surface area contributed by atoms with E-state index in [2.05, 4.69) is 34.6 Å². The Morgan fingerprint density at radius 3 is 0.716 bits per heavy atom. The van der Waals surface area contributed by atoms with E-state index in [1.165, 1.54) is 225 Å². The average Bonchev–Trinajstić information content (AvgIpc) is 1.40. The minimum atomic E-state index is -4.96. The monoisotopic (exact) mass is 1400 g/mol. The maximum absolute atomic E-state index is 13.1. The van der Waals surface area contributed by atoms with Gasteiger partial charge in [0.15, 0.2) is 12.2 Å². The molecule has 5 atom stereocenters. The lowest BCUT2D eigenvalue weighted by Crippen LogP contribution is -2.30. The van der Waals surface area contributed by atoms with Crippen molar-refractivity contribution in [3.63, 3.8) is 0 Å². The van der Waals surface area contributed by atoms with Gasteiger partial charge in [-0.25, -0.2) is 9.13 Å². The molecule has 0 saturated carbocycles. The molecule has 0 aromatic heterocycles. The van der Waals surface area contributed by atoms with E-state index in [9.17, 15) is 43.2 Å². The summed E-state index contributed by atoms with van der Waals surface area (Å²) in [6, 6.07) is 0. The van der Waals surface area contributed by atoms with Gasteiger partial charge in [0.1, 0.15) is 19.3 Å². The Balaban J connectivity index is 5.26. The molecule has 19 heteroatoms. The molecule has 3 N–H and O–H groups in total. The van der Waals surface area contributed by atoms with Crippen LogP contribution in [0.15, 0.2) is 0 Å². The Morgan fingerprint density at radius 1 is 0.284 bits per heavy atom. The first-order valence-corrected chi connectivity index (χ1v) is 42.6. The van der Waals surface area contributed by atoms with Crippen molar-refractivity contribution in [3.05, 3.63) is 0 Å². The van der Waals surface area contributed by atoms with Crippen LogP contribution in [0.3, 0.4) is 0 Å². The summed E-state index contributed by atoms with van der Waals surface area (Å²) < 4.78 is 68.6. The summed E-state index contributed by atoms with van der Waals surface area (Å²) in [5.74, 6) is -1.33. The van der Waals surface area contributed by atoms with Gasteiger partial charge in [-0.2, -0.15) is 0 Å². The summed E-state index contributed by atoms with van der Waals surface area (Å²) in [5.41, 5.74) is 0. The molecule has 0 aromatic rings. The maximum Gasteiger partial charge on any atom is 0.472 e. The minimum absolute atomic E-state index is 0.108. The van der Waals surface area contributed by atoms with E-state index in [4.69, 9.17) is 37.0 Å². The molecule has 0 spiro atoms. The number of aliphatic hydroxyl groups is 1. The van der Waals surface area contributed by atoms with Crippen molar-refractivity contribution < 1.29 is 80.2 Å². The number of carbonyl (C=O) groups excluding carboxylic acids is 4.